The van der Waals surface area contributed by atoms with Crippen LogP contribution in [-0.2, 0) is 9.84 Å². The van der Waals surface area contributed by atoms with Crippen LogP contribution < -0.4 is 5.32 Å². The Hall–Kier alpha value is -1.93. The molecule has 1 aliphatic heterocycles. The predicted octanol–water partition coefficient (Wildman–Crippen LogP) is 3.95. The molecule has 27 heavy (non-hydrogen) atoms. The number of sulfone groups is 1. The van der Waals surface area contributed by atoms with Crippen LogP contribution in [-0.4, -0.2) is 41.6 Å². The maximum Gasteiger partial charge on any atom is 0.322 e. The molecule has 2 aromatic rings. The molecule has 146 valence electrons. The normalized spacial score (nSPS) is 16.3. The van der Waals surface area contributed by atoms with Crippen LogP contribution >= 0.6 is 11.5 Å². The van der Waals surface area contributed by atoms with E-state index < -0.39 is 14.6 Å². The Bertz CT molecular complexity index is 900. The summed E-state index contributed by atoms with van der Waals surface area (Å²) < 4.78 is 29.7. The van der Waals surface area contributed by atoms with Gasteiger partial charge >= 0.3 is 6.03 Å². The van der Waals surface area contributed by atoms with Crippen LogP contribution in [0.3, 0.4) is 0 Å². The van der Waals surface area contributed by atoms with Crippen molar-refractivity contribution in [3.8, 4) is 0 Å². The molecule has 1 N–H and O–H groups in total. The number of hydrogen-bond donors (Lipinski definition) is 1. The van der Waals surface area contributed by atoms with Crippen LogP contribution in [0.5, 0.6) is 0 Å². The van der Waals surface area contributed by atoms with Crippen LogP contribution in [0.4, 0.5) is 9.80 Å². The molecule has 1 aliphatic rings. The first-order valence-corrected chi connectivity index (χ1v) is 11.3. The second-order valence-corrected chi connectivity index (χ2v) is 10.8. The smallest absolute Gasteiger partial charge is 0.322 e. The largest absolute Gasteiger partial charge is 0.324 e. The van der Waals surface area contributed by atoms with Gasteiger partial charge in [-0.25, -0.2) is 13.2 Å². The summed E-state index contributed by atoms with van der Waals surface area (Å²) in [7, 11) is -3.47. The van der Waals surface area contributed by atoms with Crippen LogP contribution in [0.25, 0.3) is 0 Å². The molecule has 3 rings (SSSR count). The highest BCUT2D eigenvalue weighted by molar-refractivity contribution is 7.92. The van der Waals surface area contributed by atoms with Gasteiger partial charge in [0.2, 0.25) is 0 Å². The number of likely N-dealkylation sites (tertiary alicyclic amines) is 1. The molecular weight excluding hydrogens is 382 g/mol. The van der Waals surface area contributed by atoms with E-state index in [-0.39, 0.29) is 11.9 Å². The SMILES string of the molecule is Cc1ccccc1S(=O)(=O)C(C)(C)C1CCN(C(=O)Nc2ccns2)CC1. The molecule has 1 aromatic carbocycles. The fourth-order valence-electron chi connectivity index (χ4n) is 3.60. The van der Waals surface area contributed by atoms with Crippen molar-refractivity contribution in [3.63, 3.8) is 0 Å². The number of nitrogens with one attached hydrogen (secondary N) is 1. The molecule has 0 unspecified atom stereocenters. The van der Waals surface area contributed by atoms with Gasteiger partial charge in [0.1, 0.15) is 5.00 Å². The van der Waals surface area contributed by atoms with Crippen molar-refractivity contribution >= 4 is 32.4 Å². The van der Waals surface area contributed by atoms with Crippen LogP contribution in [0.15, 0.2) is 41.4 Å². The number of benzene rings is 1. The van der Waals surface area contributed by atoms with Crippen molar-refractivity contribution in [1.29, 1.82) is 0 Å². The van der Waals surface area contributed by atoms with Crippen molar-refractivity contribution < 1.29 is 13.2 Å². The third-order valence-electron chi connectivity index (χ3n) is 5.51. The van der Waals surface area contributed by atoms with E-state index in [1.807, 2.05) is 32.9 Å². The summed E-state index contributed by atoms with van der Waals surface area (Å²) in [5.74, 6) is -0.00504. The number of aryl methyl sites for hydroxylation is 1. The predicted molar refractivity (Wildman–Crippen MR) is 108 cm³/mol. The molecule has 0 aliphatic carbocycles. The second kappa shape index (κ2) is 7.59. The fraction of sp³-hybridized carbons (Fsp3) is 0.474. The summed E-state index contributed by atoms with van der Waals surface area (Å²) in [6, 6.07) is 8.73. The third kappa shape index (κ3) is 3.87. The topological polar surface area (TPSA) is 79.4 Å². The minimum atomic E-state index is -3.47. The van der Waals surface area contributed by atoms with Crippen molar-refractivity contribution in [2.75, 3.05) is 18.4 Å². The Labute approximate surface area is 164 Å². The van der Waals surface area contributed by atoms with Gasteiger partial charge in [-0.3, -0.25) is 5.32 Å². The Morgan fingerprint density at radius 1 is 1.22 bits per heavy atom. The maximum absolute atomic E-state index is 13.3. The average Bonchev–Trinajstić information content (AvgIpc) is 3.15. The summed E-state index contributed by atoms with van der Waals surface area (Å²) in [4.78, 5) is 14.5. The molecule has 0 bridgehead atoms. The average molecular weight is 408 g/mol. The quantitative estimate of drug-likeness (QED) is 0.832. The monoisotopic (exact) mass is 407 g/mol. The van der Waals surface area contributed by atoms with Gasteiger partial charge < -0.3 is 4.90 Å². The summed E-state index contributed by atoms with van der Waals surface area (Å²) in [5.41, 5.74) is 0.770. The number of nitrogens with zero attached hydrogens (tertiary/aromatic N) is 2. The molecule has 2 heterocycles. The fourth-order valence-corrected chi connectivity index (χ4v) is 6.08. The lowest BCUT2D eigenvalue weighted by Crippen LogP contribution is -2.48. The zero-order valence-electron chi connectivity index (χ0n) is 15.8. The van der Waals surface area contributed by atoms with Gasteiger partial charge in [0.25, 0.3) is 0 Å². The number of anilines is 1. The number of aromatic nitrogens is 1. The highest BCUT2D eigenvalue weighted by Crippen LogP contribution is 2.38. The third-order valence-corrected chi connectivity index (χ3v) is 8.93. The first kappa shape index (κ1) is 19.8. The number of hydrogen-bond acceptors (Lipinski definition) is 5. The number of piperidine rings is 1. The summed E-state index contributed by atoms with van der Waals surface area (Å²) in [6.07, 6.45) is 2.97. The second-order valence-electron chi connectivity index (χ2n) is 7.44. The van der Waals surface area contributed by atoms with Crippen molar-refractivity contribution in [2.24, 2.45) is 5.92 Å². The Balaban J connectivity index is 1.69. The number of rotatable bonds is 4. The van der Waals surface area contributed by atoms with E-state index in [0.29, 0.717) is 35.8 Å². The van der Waals surface area contributed by atoms with Gasteiger partial charge in [-0.1, -0.05) is 18.2 Å². The zero-order valence-corrected chi connectivity index (χ0v) is 17.4. The molecular formula is C19H25N3O3S2. The molecule has 0 saturated carbocycles. The minimum Gasteiger partial charge on any atom is -0.324 e. The highest BCUT2D eigenvalue weighted by Gasteiger charge is 2.44. The summed E-state index contributed by atoms with van der Waals surface area (Å²) >= 11 is 1.23. The lowest BCUT2D eigenvalue weighted by Gasteiger charge is -2.40. The molecule has 1 aromatic heterocycles. The van der Waals surface area contributed by atoms with Gasteiger partial charge in [-0.15, -0.1) is 0 Å². The van der Waals surface area contributed by atoms with Crippen molar-refractivity contribution in [3.05, 3.63) is 42.1 Å². The Kier molecular flexibility index (Phi) is 5.58. The molecule has 0 atom stereocenters. The van der Waals surface area contributed by atoms with Crippen molar-refractivity contribution in [2.45, 2.75) is 43.3 Å². The summed E-state index contributed by atoms with van der Waals surface area (Å²) in [6.45, 7) is 6.54. The van der Waals surface area contributed by atoms with E-state index in [4.69, 9.17) is 0 Å². The standard InChI is InChI=1S/C19H25N3O3S2/c1-14-6-4-5-7-16(14)27(24,25)19(2,3)15-9-12-22(13-10-15)18(23)21-17-8-11-20-26-17/h4-8,11,15H,9-10,12-13H2,1-3H3,(H,21,23). The van der Waals surface area contributed by atoms with Crippen molar-refractivity contribution in [1.82, 2.24) is 9.27 Å². The van der Waals surface area contributed by atoms with E-state index in [9.17, 15) is 13.2 Å². The molecule has 0 spiro atoms. The minimum absolute atomic E-state index is 0.00504. The number of carbonyl (C=O) groups is 1. The van der Waals surface area contributed by atoms with E-state index in [1.54, 1.807) is 29.3 Å². The first-order valence-electron chi connectivity index (χ1n) is 9.00. The molecule has 2 amide bonds. The van der Waals surface area contributed by atoms with Crippen LogP contribution in [0.2, 0.25) is 0 Å². The Morgan fingerprint density at radius 3 is 2.48 bits per heavy atom. The summed E-state index contributed by atoms with van der Waals surface area (Å²) in [5, 5.41) is 3.55. The molecule has 0 radical (unpaired) electrons. The Morgan fingerprint density at radius 2 is 1.89 bits per heavy atom. The van der Waals surface area contributed by atoms with Gasteiger partial charge in [-0.05, 0) is 68.8 Å². The zero-order chi connectivity index (χ0) is 19.7. The lowest BCUT2D eigenvalue weighted by atomic mass is 9.86. The lowest BCUT2D eigenvalue weighted by molar-refractivity contribution is 0.171. The van der Waals surface area contributed by atoms with Crippen LogP contribution in [0, 0.1) is 12.8 Å². The molecule has 1 saturated heterocycles. The first-order chi connectivity index (χ1) is 12.7. The van der Waals surface area contributed by atoms with E-state index in [0.717, 1.165) is 5.56 Å². The van der Waals surface area contributed by atoms with Gasteiger partial charge in [-0.2, -0.15) is 4.37 Å². The number of carbonyl (C=O) groups excluding carboxylic acids is 1. The van der Waals surface area contributed by atoms with E-state index >= 15 is 0 Å². The van der Waals surface area contributed by atoms with E-state index in [2.05, 4.69) is 9.69 Å². The number of urea groups is 1. The highest BCUT2D eigenvalue weighted by atomic mass is 32.2. The molecule has 1 fully saturated rings. The molecule has 6 nitrogen and oxygen atoms in total. The maximum atomic E-state index is 13.3. The van der Waals surface area contributed by atoms with Gasteiger partial charge in [0.05, 0.1) is 9.64 Å². The number of amides is 2. The van der Waals surface area contributed by atoms with Gasteiger partial charge in [0.15, 0.2) is 9.84 Å². The van der Waals surface area contributed by atoms with E-state index in [1.165, 1.54) is 11.5 Å². The van der Waals surface area contributed by atoms with Crippen LogP contribution in [0.1, 0.15) is 32.3 Å². The molecule has 8 heteroatoms. The van der Waals surface area contributed by atoms with Gasteiger partial charge in [0, 0.05) is 19.3 Å².